The second kappa shape index (κ2) is 9.17. The number of aromatic nitrogens is 2. The Morgan fingerprint density at radius 1 is 0.972 bits per heavy atom. The molecule has 2 bridgehead atoms. The van der Waals surface area contributed by atoms with E-state index in [2.05, 4.69) is 34.2 Å². The molecule has 180 valence electrons. The van der Waals surface area contributed by atoms with Crippen molar-refractivity contribution in [3.63, 3.8) is 0 Å². The van der Waals surface area contributed by atoms with Gasteiger partial charge in [-0.25, -0.2) is 14.8 Å². The van der Waals surface area contributed by atoms with Crippen molar-refractivity contribution in [1.29, 1.82) is 5.26 Å². The first-order valence-electron chi connectivity index (χ1n) is 12.1. The van der Waals surface area contributed by atoms with E-state index < -0.39 is 0 Å². The molecule has 2 fully saturated rings. The molecule has 2 unspecified atom stereocenters. The first-order valence-corrected chi connectivity index (χ1v) is 12.1. The number of morpholine rings is 1. The number of nitrogens with zero attached hydrogens (tertiary/aromatic N) is 4. The molecule has 0 saturated carbocycles. The topological polar surface area (TPSA) is 105 Å². The first kappa shape index (κ1) is 22.4. The third-order valence-corrected chi connectivity index (χ3v) is 7.47. The molecule has 3 aliphatic rings. The minimum Gasteiger partial charge on any atom is -0.448 e. The summed E-state index contributed by atoms with van der Waals surface area (Å²) in [6.45, 7) is 0.997. The zero-order valence-electron chi connectivity index (χ0n) is 19.5. The van der Waals surface area contributed by atoms with Gasteiger partial charge in [-0.05, 0) is 35.1 Å². The summed E-state index contributed by atoms with van der Waals surface area (Å²) in [4.78, 5) is 36.0. The van der Waals surface area contributed by atoms with E-state index in [4.69, 9.17) is 14.7 Å². The van der Waals surface area contributed by atoms with Crippen molar-refractivity contribution in [1.82, 2.24) is 14.9 Å². The van der Waals surface area contributed by atoms with Crippen LogP contribution in [0.4, 0.5) is 4.79 Å². The monoisotopic (exact) mass is 480 g/mol. The van der Waals surface area contributed by atoms with Gasteiger partial charge in [0.25, 0.3) is 0 Å². The van der Waals surface area contributed by atoms with Gasteiger partial charge in [-0.1, -0.05) is 48.5 Å². The Hall–Kier alpha value is -4.09. The van der Waals surface area contributed by atoms with E-state index in [9.17, 15) is 9.59 Å². The van der Waals surface area contributed by atoms with Crippen LogP contribution in [-0.2, 0) is 9.47 Å². The minimum absolute atomic E-state index is 0.00654. The number of ketones is 1. The number of hydrogen-bond acceptors (Lipinski definition) is 7. The summed E-state index contributed by atoms with van der Waals surface area (Å²) in [5, 5.41) is 8.89. The predicted molar refractivity (Wildman–Crippen MR) is 129 cm³/mol. The lowest BCUT2D eigenvalue weighted by Crippen LogP contribution is -2.60. The molecule has 1 aliphatic carbocycles. The van der Waals surface area contributed by atoms with Gasteiger partial charge >= 0.3 is 6.09 Å². The molecule has 2 aliphatic heterocycles. The number of nitriles is 1. The van der Waals surface area contributed by atoms with Crippen molar-refractivity contribution < 1.29 is 19.1 Å². The van der Waals surface area contributed by atoms with E-state index in [1.54, 1.807) is 4.90 Å². The van der Waals surface area contributed by atoms with Crippen LogP contribution in [0.3, 0.4) is 0 Å². The normalized spacial score (nSPS) is 22.3. The Labute approximate surface area is 208 Å². The number of rotatable bonds is 4. The lowest BCUT2D eigenvalue weighted by atomic mass is 9.81. The summed E-state index contributed by atoms with van der Waals surface area (Å²) in [5.74, 6) is -0.309. The number of carbonyl (C=O) groups is 2. The number of ether oxygens (including phenoxy) is 2. The maximum Gasteiger partial charge on any atom is 0.410 e. The lowest BCUT2D eigenvalue weighted by molar-refractivity contribution is -0.0747. The van der Waals surface area contributed by atoms with Gasteiger partial charge in [0.1, 0.15) is 12.7 Å². The molecule has 2 atom stereocenters. The summed E-state index contributed by atoms with van der Waals surface area (Å²) in [5.41, 5.74) is 5.09. The van der Waals surface area contributed by atoms with Gasteiger partial charge in [-0.15, -0.1) is 0 Å². The van der Waals surface area contributed by atoms with E-state index in [1.165, 1.54) is 34.6 Å². The molecule has 3 aromatic rings. The fraction of sp³-hybridized carbons (Fsp3) is 0.321. The maximum absolute atomic E-state index is 13.3. The quantitative estimate of drug-likeness (QED) is 0.521. The smallest absolute Gasteiger partial charge is 0.410 e. The van der Waals surface area contributed by atoms with Crippen LogP contribution in [-0.4, -0.2) is 58.6 Å². The van der Waals surface area contributed by atoms with Gasteiger partial charge in [0.05, 0.1) is 30.9 Å². The van der Waals surface area contributed by atoms with Crippen LogP contribution in [0.25, 0.3) is 11.1 Å². The summed E-state index contributed by atoms with van der Waals surface area (Å²) < 4.78 is 11.6. The Balaban J connectivity index is 1.16. The lowest BCUT2D eigenvalue weighted by Gasteiger charge is -2.47. The molecule has 3 heterocycles. The SMILES string of the molecule is N#Cc1ncc(C(=O)C2CC3COCC(C2)N3C(=O)OCC2c3ccccc3-c3ccccc32)cn1. The minimum atomic E-state index is -0.359. The fourth-order valence-electron chi connectivity index (χ4n) is 5.84. The highest BCUT2D eigenvalue weighted by molar-refractivity contribution is 5.97. The zero-order valence-corrected chi connectivity index (χ0v) is 19.5. The molecule has 0 spiro atoms. The largest absolute Gasteiger partial charge is 0.448 e. The van der Waals surface area contributed by atoms with Crippen LogP contribution in [0.5, 0.6) is 0 Å². The molecule has 36 heavy (non-hydrogen) atoms. The molecule has 1 aromatic heterocycles. The number of piperidine rings is 1. The third kappa shape index (κ3) is 3.82. The number of Topliss-reactive ketones (excluding diaryl/α,β-unsaturated/α-hetero) is 1. The molecule has 6 rings (SSSR count). The van der Waals surface area contributed by atoms with Crippen molar-refractivity contribution in [2.45, 2.75) is 30.8 Å². The number of benzene rings is 2. The molecular weight excluding hydrogens is 456 g/mol. The van der Waals surface area contributed by atoms with Crippen molar-refractivity contribution in [3.05, 3.63) is 83.4 Å². The Morgan fingerprint density at radius 3 is 2.14 bits per heavy atom. The summed E-state index contributed by atoms with van der Waals surface area (Å²) in [7, 11) is 0. The summed E-state index contributed by atoms with van der Waals surface area (Å²) in [6.07, 6.45) is 3.41. The van der Waals surface area contributed by atoms with E-state index in [0.717, 1.165) is 0 Å². The molecule has 8 nitrogen and oxygen atoms in total. The summed E-state index contributed by atoms with van der Waals surface area (Å²) >= 11 is 0. The highest BCUT2D eigenvalue weighted by Gasteiger charge is 2.45. The number of hydrogen-bond donors (Lipinski definition) is 0. The Bertz CT molecular complexity index is 1310. The fourth-order valence-corrected chi connectivity index (χ4v) is 5.84. The van der Waals surface area contributed by atoms with Gasteiger partial charge in [-0.3, -0.25) is 9.69 Å². The average Bonchev–Trinajstić information content (AvgIpc) is 3.24. The number of fused-ring (bicyclic) bond motifs is 5. The first-order chi connectivity index (χ1) is 17.6. The van der Waals surface area contributed by atoms with Crippen molar-refractivity contribution in [3.8, 4) is 17.2 Å². The maximum atomic E-state index is 13.3. The van der Waals surface area contributed by atoms with E-state index in [1.807, 2.05) is 30.3 Å². The highest BCUT2D eigenvalue weighted by atomic mass is 16.6. The van der Waals surface area contributed by atoms with Crippen LogP contribution in [0.2, 0.25) is 0 Å². The molecule has 0 radical (unpaired) electrons. The molecule has 1 amide bonds. The number of amides is 1. The van der Waals surface area contributed by atoms with Crippen LogP contribution < -0.4 is 0 Å². The van der Waals surface area contributed by atoms with Gasteiger partial charge in [-0.2, -0.15) is 5.26 Å². The van der Waals surface area contributed by atoms with Crippen molar-refractivity contribution >= 4 is 11.9 Å². The molecule has 0 N–H and O–H groups in total. The van der Waals surface area contributed by atoms with E-state index in [-0.39, 0.29) is 48.2 Å². The standard InChI is InChI=1S/C28H24N4O4/c29-11-26-30-12-18(13-31-26)27(33)17-9-19-14-35-15-20(10-17)32(19)28(34)36-16-25-23-7-3-1-5-21(23)22-6-2-4-8-24(22)25/h1-8,12-13,17,19-20,25H,9-10,14-16H2. The van der Waals surface area contributed by atoms with Gasteiger partial charge in [0, 0.05) is 24.2 Å². The third-order valence-electron chi connectivity index (χ3n) is 7.47. The Kier molecular flexibility index (Phi) is 5.70. The van der Waals surface area contributed by atoms with Crippen LogP contribution in [0.15, 0.2) is 60.9 Å². The zero-order chi connectivity index (χ0) is 24.6. The Morgan fingerprint density at radius 2 is 1.56 bits per heavy atom. The van der Waals surface area contributed by atoms with E-state index in [0.29, 0.717) is 31.6 Å². The predicted octanol–water partition coefficient (Wildman–Crippen LogP) is 3.96. The van der Waals surface area contributed by atoms with Crippen LogP contribution in [0.1, 0.15) is 46.1 Å². The summed E-state index contributed by atoms with van der Waals surface area (Å²) in [6, 6.07) is 17.9. The van der Waals surface area contributed by atoms with Gasteiger partial charge < -0.3 is 9.47 Å². The molecule has 8 heteroatoms. The second-order valence-electron chi connectivity index (χ2n) is 9.50. The highest BCUT2D eigenvalue weighted by Crippen LogP contribution is 2.44. The van der Waals surface area contributed by atoms with Gasteiger partial charge in [0.2, 0.25) is 5.82 Å². The van der Waals surface area contributed by atoms with Gasteiger partial charge in [0.15, 0.2) is 5.78 Å². The molecule has 2 aromatic carbocycles. The molecule has 2 saturated heterocycles. The van der Waals surface area contributed by atoms with Crippen LogP contribution >= 0.6 is 0 Å². The molecular formula is C28H24N4O4. The average molecular weight is 481 g/mol. The van der Waals surface area contributed by atoms with E-state index >= 15 is 0 Å². The van der Waals surface area contributed by atoms with Crippen LogP contribution in [0, 0.1) is 17.2 Å². The van der Waals surface area contributed by atoms with Crippen molar-refractivity contribution in [2.24, 2.45) is 5.92 Å². The van der Waals surface area contributed by atoms with Crippen molar-refractivity contribution in [2.75, 3.05) is 19.8 Å². The second-order valence-corrected chi connectivity index (χ2v) is 9.50. The number of carbonyl (C=O) groups excluding carboxylic acids is 2.